The van der Waals surface area contributed by atoms with Crippen LogP contribution in [0.15, 0.2) is 36.4 Å². The molecule has 0 spiro atoms. The molecule has 0 saturated heterocycles. The largest absolute Gasteiger partial charge is 0.486 e. The van der Waals surface area contributed by atoms with Crippen LogP contribution in [0, 0.1) is 15.9 Å². The fourth-order valence-corrected chi connectivity index (χ4v) is 2.23. The fraction of sp³-hybridized carbons (Fsp3) is 0.188. The third kappa shape index (κ3) is 3.12. The van der Waals surface area contributed by atoms with E-state index in [1.54, 1.807) is 6.07 Å². The molecule has 1 aliphatic rings. The predicted molar refractivity (Wildman–Crippen MR) is 79.6 cm³/mol. The van der Waals surface area contributed by atoms with Crippen LogP contribution in [0.5, 0.6) is 11.5 Å². The number of nitrogens with zero attached hydrogens (tertiary/aromatic N) is 1. The Hall–Kier alpha value is -3.16. The highest BCUT2D eigenvalue weighted by Gasteiger charge is 2.27. The van der Waals surface area contributed by atoms with Crippen molar-refractivity contribution < 1.29 is 28.3 Å². The molecule has 2 aromatic rings. The van der Waals surface area contributed by atoms with Gasteiger partial charge in [-0.05, 0) is 6.07 Å². The maximum absolute atomic E-state index is 13.5. The molecule has 3 rings (SSSR count). The Morgan fingerprint density at radius 1 is 1.21 bits per heavy atom. The van der Waals surface area contributed by atoms with E-state index in [0.29, 0.717) is 0 Å². The summed E-state index contributed by atoms with van der Waals surface area (Å²) in [4.78, 5) is 22.7. The Balaban J connectivity index is 1.86. The summed E-state index contributed by atoms with van der Waals surface area (Å²) in [5, 5.41) is 11.2. The van der Waals surface area contributed by atoms with Crippen LogP contribution in [0.25, 0.3) is 0 Å². The second kappa shape index (κ2) is 6.53. The summed E-state index contributed by atoms with van der Waals surface area (Å²) in [7, 11) is 0. The Bertz CT molecular complexity index is 807. The average molecular weight is 333 g/mol. The van der Waals surface area contributed by atoms with Crippen molar-refractivity contribution in [3.8, 4) is 11.5 Å². The number of hydrogen-bond donors (Lipinski definition) is 0. The van der Waals surface area contributed by atoms with Gasteiger partial charge in [0.15, 0.2) is 11.5 Å². The minimum atomic E-state index is -0.943. The van der Waals surface area contributed by atoms with Crippen molar-refractivity contribution in [2.45, 2.75) is 6.61 Å². The molecule has 124 valence electrons. The molecule has 0 bridgehead atoms. The van der Waals surface area contributed by atoms with Crippen molar-refractivity contribution in [1.82, 2.24) is 0 Å². The molecule has 0 aliphatic carbocycles. The van der Waals surface area contributed by atoms with E-state index in [0.717, 1.165) is 6.07 Å². The van der Waals surface area contributed by atoms with Gasteiger partial charge < -0.3 is 14.2 Å². The van der Waals surface area contributed by atoms with E-state index in [-0.39, 0.29) is 42.4 Å². The van der Waals surface area contributed by atoms with Gasteiger partial charge in [-0.1, -0.05) is 18.2 Å². The fourth-order valence-electron chi connectivity index (χ4n) is 2.23. The first-order valence-electron chi connectivity index (χ1n) is 7.05. The van der Waals surface area contributed by atoms with Crippen LogP contribution in [0.1, 0.15) is 15.9 Å². The van der Waals surface area contributed by atoms with Gasteiger partial charge in [0.2, 0.25) is 0 Å². The number of ether oxygens (including phenoxy) is 3. The van der Waals surface area contributed by atoms with Crippen molar-refractivity contribution in [3.05, 3.63) is 63.5 Å². The highest BCUT2D eigenvalue weighted by Crippen LogP contribution is 2.36. The minimum Gasteiger partial charge on any atom is -0.486 e. The lowest BCUT2D eigenvalue weighted by molar-refractivity contribution is -0.385. The van der Waals surface area contributed by atoms with Crippen LogP contribution in [0.2, 0.25) is 0 Å². The molecule has 0 atom stereocenters. The lowest BCUT2D eigenvalue weighted by Gasteiger charge is -2.18. The smallest absolute Gasteiger partial charge is 0.345 e. The lowest BCUT2D eigenvalue weighted by Crippen LogP contribution is -2.17. The van der Waals surface area contributed by atoms with E-state index in [2.05, 4.69) is 0 Å². The van der Waals surface area contributed by atoms with Gasteiger partial charge in [-0.2, -0.15) is 0 Å². The first-order chi connectivity index (χ1) is 11.6. The number of halogens is 1. The average Bonchev–Trinajstić information content (AvgIpc) is 2.59. The number of rotatable bonds is 4. The van der Waals surface area contributed by atoms with Crippen molar-refractivity contribution in [3.63, 3.8) is 0 Å². The number of nitro benzene ring substituents is 1. The molecule has 0 N–H and O–H groups in total. The summed E-state index contributed by atoms with van der Waals surface area (Å²) in [6.07, 6.45) is 0. The van der Waals surface area contributed by atoms with Crippen LogP contribution < -0.4 is 9.47 Å². The third-order valence-electron chi connectivity index (χ3n) is 3.39. The van der Waals surface area contributed by atoms with Gasteiger partial charge in [0.05, 0.1) is 11.0 Å². The number of nitro groups is 1. The summed E-state index contributed by atoms with van der Waals surface area (Å²) in [6, 6.07) is 8.12. The first kappa shape index (κ1) is 15.7. The molecule has 1 heterocycles. The molecule has 0 radical (unpaired) electrons. The molecular weight excluding hydrogens is 321 g/mol. The summed E-state index contributed by atoms with van der Waals surface area (Å²) in [5.74, 6) is -1.05. The second-order valence-electron chi connectivity index (χ2n) is 4.94. The molecule has 0 fully saturated rings. The van der Waals surface area contributed by atoms with Crippen LogP contribution in [-0.4, -0.2) is 24.1 Å². The van der Waals surface area contributed by atoms with E-state index in [9.17, 15) is 19.3 Å². The van der Waals surface area contributed by atoms with E-state index >= 15 is 0 Å². The molecule has 0 unspecified atom stereocenters. The number of fused-ring (bicyclic) bond motifs is 1. The van der Waals surface area contributed by atoms with Gasteiger partial charge in [0, 0.05) is 11.6 Å². The van der Waals surface area contributed by atoms with Gasteiger partial charge in [-0.25, -0.2) is 9.18 Å². The highest BCUT2D eigenvalue weighted by molar-refractivity contribution is 5.95. The van der Waals surface area contributed by atoms with Crippen LogP contribution in [-0.2, 0) is 11.3 Å². The molecule has 0 amide bonds. The summed E-state index contributed by atoms with van der Waals surface area (Å²) in [6.45, 7) is 0.201. The monoisotopic (exact) mass is 333 g/mol. The van der Waals surface area contributed by atoms with E-state index in [1.807, 2.05) is 0 Å². The van der Waals surface area contributed by atoms with Crippen molar-refractivity contribution in [2.24, 2.45) is 0 Å². The van der Waals surface area contributed by atoms with Crippen LogP contribution in [0.3, 0.4) is 0 Å². The Morgan fingerprint density at radius 3 is 2.54 bits per heavy atom. The van der Waals surface area contributed by atoms with Crippen molar-refractivity contribution in [2.75, 3.05) is 13.2 Å². The van der Waals surface area contributed by atoms with Gasteiger partial charge in [0.25, 0.3) is 5.69 Å². The van der Waals surface area contributed by atoms with Gasteiger partial charge >= 0.3 is 5.97 Å². The molecular formula is C16H12FNO6. The molecule has 2 aromatic carbocycles. The number of esters is 1. The molecule has 0 saturated carbocycles. The zero-order chi connectivity index (χ0) is 17.1. The lowest BCUT2D eigenvalue weighted by atomic mass is 10.1. The Morgan fingerprint density at radius 2 is 1.88 bits per heavy atom. The van der Waals surface area contributed by atoms with E-state index in [1.165, 1.54) is 24.3 Å². The standard InChI is InChI=1S/C16H12FNO6/c17-12-4-2-1-3-10(12)9-24-16(19)11-7-14-15(23-6-5-22-14)8-13(11)18(20)21/h1-4,7-8H,5-6,9H2. The van der Waals surface area contributed by atoms with Crippen LogP contribution in [0.4, 0.5) is 10.1 Å². The normalized spacial score (nSPS) is 12.5. The summed E-state index contributed by atoms with van der Waals surface area (Å²) < 4.78 is 29.1. The number of hydrogen-bond acceptors (Lipinski definition) is 6. The first-order valence-corrected chi connectivity index (χ1v) is 7.05. The number of carbonyl (C=O) groups excluding carboxylic acids is 1. The van der Waals surface area contributed by atoms with Gasteiger partial charge in [-0.15, -0.1) is 0 Å². The quantitative estimate of drug-likeness (QED) is 0.486. The Labute approximate surface area is 135 Å². The molecule has 0 aromatic heterocycles. The SMILES string of the molecule is O=C(OCc1ccccc1F)c1cc2c(cc1[N+](=O)[O-])OCCO2. The maximum Gasteiger partial charge on any atom is 0.345 e. The second-order valence-corrected chi connectivity index (χ2v) is 4.94. The summed E-state index contributed by atoms with van der Waals surface area (Å²) in [5.41, 5.74) is -0.565. The predicted octanol–water partition coefficient (Wildman–Crippen LogP) is 2.86. The van der Waals surface area contributed by atoms with Crippen molar-refractivity contribution in [1.29, 1.82) is 0 Å². The third-order valence-corrected chi connectivity index (χ3v) is 3.39. The van der Waals surface area contributed by atoms with Crippen LogP contribution >= 0.6 is 0 Å². The number of benzene rings is 2. The Kier molecular flexibility index (Phi) is 4.28. The van der Waals surface area contributed by atoms with E-state index < -0.39 is 22.4 Å². The molecule has 7 nitrogen and oxygen atoms in total. The van der Waals surface area contributed by atoms with Gasteiger partial charge in [-0.3, -0.25) is 10.1 Å². The highest BCUT2D eigenvalue weighted by atomic mass is 19.1. The summed E-state index contributed by atoms with van der Waals surface area (Å²) >= 11 is 0. The molecule has 24 heavy (non-hydrogen) atoms. The number of carbonyl (C=O) groups is 1. The topological polar surface area (TPSA) is 87.9 Å². The van der Waals surface area contributed by atoms with Crippen molar-refractivity contribution >= 4 is 11.7 Å². The van der Waals surface area contributed by atoms with E-state index in [4.69, 9.17) is 14.2 Å². The zero-order valence-electron chi connectivity index (χ0n) is 12.4. The molecule has 1 aliphatic heterocycles. The minimum absolute atomic E-state index is 0.172. The molecule has 8 heteroatoms. The maximum atomic E-state index is 13.5. The van der Waals surface area contributed by atoms with Gasteiger partial charge in [0.1, 0.15) is 31.2 Å². The zero-order valence-corrected chi connectivity index (χ0v) is 12.4.